The molecule has 0 radical (unpaired) electrons. The Morgan fingerprint density at radius 1 is 1.09 bits per heavy atom. The summed E-state index contributed by atoms with van der Waals surface area (Å²) in [7, 11) is 2.05. The number of para-hydroxylation sites is 1. The molecule has 3 aromatic rings. The van der Waals surface area contributed by atoms with Crippen molar-refractivity contribution in [3.05, 3.63) is 36.4 Å². The maximum atomic E-state index is 10.0. The summed E-state index contributed by atoms with van der Waals surface area (Å²) in [4.78, 5) is 2.36. The van der Waals surface area contributed by atoms with Gasteiger partial charge < -0.3 is 19.9 Å². The lowest BCUT2D eigenvalue weighted by Crippen LogP contribution is -2.44. The largest absolute Gasteiger partial charge is 0.507 e. The number of aromatic hydroxyl groups is 1. The van der Waals surface area contributed by atoms with Crippen LogP contribution in [0.15, 0.2) is 36.4 Å². The number of phenols is 1. The monoisotopic (exact) mass is 309 g/mol. The van der Waals surface area contributed by atoms with Gasteiger partial charge in [-0.15, -0.1) is 10.2 Å². The molecule has 0 saturated carbocycles. The van der Waals surface area contributed by atoms with E-state index in [1.54, 1.807) is 12.1 Å². The van der Waals surface area contributed by atoms with Gasteiger partial charge >= 0.3 is 0 Å². The van der Waals surface area contributed by atoms with Crippen LogP contribution in [0, 0.1) is 0 Å². The molecular weight excluding hydrogens is 290 g/mol. The van der Waals surface area contributed by atoms with Gasteiger partial charge in [0, 0.05) is 44.9 Å². The third-order valence-corrected chi connectivity index (χ3v) is 4.39. The second-order valence-electron chi connectivity index (χ2n) is 5.82. The normalized spacial score (nSPS) is 15.3. The number of phenolic OH excluding ortho intramolecular Hbond substituents is 1. The first-order valence-corrected chi connectivity index (χ1v) is 7.81. The highest BCUT2D eigenvalue weighted by Crippen LogP contribution is 2.30. The van der Waals surface area contributed by atoms with Crippen LogP contribution < -0.4 is 10.2 Å². The van der Waals surface area contributed by atoms with Gasteiger partial charge in [-0.3, -0.25) is 0 Å². The van der Waals surface area contributed by atoms with Crippen molar-refractivity contribution in [2.45, 2.75) is 0 Å². The SMILES string of the molecule is Cn1c(N2CCNCC2)cc2nnc(-c3ccccc3O)cc21. The Kier molecular flexibility index (Phi) is 3.38. The Morgan fingerprint density at radius 3 is 2.65 bits per heavy atom. The Labute approximate surface area is 134 Å². The summed E-state index contributed by atoms with van der Waals surface area (Å²) >= 11 is 0. The predicted octanol–water partition coefficient (Wildman–Crippen LogP) is 1.75. The molecule has 1 saturated heterocycles. The zero-order valence-corrected chi connectivity index (χ0v) is 13.0. The molecule has 0 spiro atoms. The molecule has 118 valence electrons. The first-order valence-electron chi connectivity index (χ1n) is 7.81. The third-order valence-electron chi connectivity index (χ3n) is 4.39. The van der Waals surface area contributed by atoms with Crippen molar-refractivity contribution in [3.63, 3.8) is 0 Å². The molecule has 1 aliphatic rings. The molecule has 0 amide bonds. The van der Waals surface area contributed by atoms with Gasteiger partial charge in [0.25, 0.3) is 0 Å². The van der Waals surface area contributed by atoms with Gasteiger partial charge in [-0.05, 0) is 18.2 Å². The lowest BCUT2D eigenvalue weighted by molar-refractivity contribution is 0.477. The highest BCUT2D eigenvalue weighted by atomic mass is 16.3. The van der Waals surface area contributed by atoms with E-state index in [1.165, 1.54) is 0 Å². The van der Waals surface area contributed by atoms with Crippen LogP contribution in [-0.4, -0.2) is 46.1 Å². The molecule has 0 bridgehead atoms. The summed E-state index contributed by atoms with van der Waals surface area (Å²) in [6.45, 7) is 3.97. The summed E-state index contributed by atoms with van der Waals surface area (Å²) in [6, 6.07) is 11.3. The fourth-order valence-electron chi connectivity index (χ4n) is 3.12. The number of nitrogens with one attached hydrogen (secondary N) is 1. The summed E-state index contributed by atoms with van der Waals surface area (Å²) in [5, 5.41) is 22.0. The minimum atomic E-state index is 0.220. The molecule has 2 aromatic heterocycles. The summed E-state index contributed by atoms with van der Waals surface area (Å²) in [5.74, 6) is 1.38. The Morgan fingerprint density at radius 2 is 1.87 bits per heavy atom. The minimum Gasteiger partial charge on any atom is -0.507 e. The number of rotatable bonds is 2. The summed E-state index contributed by atoms with van der Waals surface area (Å²) in [5.41, 5.74) is 3.28. The summed E-state index contributed by atoms with van der Waals surface area (Å²) < 4.78 is 2.15. The zero-order chi connectivity index (χ0) is 15.8. The van der Waals surface area contributed by atoms with Crippen LogP contribution in [0.1, 0.15) is 0 Å². The van der Waals surface area contributed by atoms with Crippen LogP contribution in [-0.2, 0) is 7.05 Å². The average Bonchev–Trinajstić information content (AvgIpc) is 2.93. The van der Waals surface area contributed by atoms with E-state index in [9.17, 15) is 5.11 Å². The Bertz CT molecular complexity index is 851. The number of aryl methyl sites for hydroxylation is 1. The lowest BCUT2D eigenvalue weighted by Gasteiger charge is -2.29. The van der Waals surface area contributed by atoms with Crippen molar-refractivity contribution in [1.82, 2.24) is 20.1 Å². The van der Waals surface area contributed by atoms with E-state index in [0.717, 1.165) is 43.0 Å². The fraction of sp³-hybridized carbons (Fsp3) is 0.294. The molecule has 23 heavy (non-hydrogen) atoms. The van der Waals surface area contributed by atoms with Crippen molar-refractivity contribution >= 4 is 16.9 Å². The molecular formula is C17H19N5O. The van der Waals surface area contributed by atoms with E-state index in [1.807, 2.05) is 18.2 Å². The highest BCUT2D eigenvalue weighted by Gasteiger charge is 2.17. The van der Waals surface area contributed by atoms with E-state index >= 15 is 0 Å². The lowest BCUT2D eigenvalue weighted by atomic mass is 10.1. The molecule has 1 aliphatic heterocycles. The number of hydrogen-bond acceptors (Lipinski definition) is 5. The highest BCUT2D eigenvalue weighted by molar-refractivity contribution is 5.84. The van der Waals surface area contributed by atoms with Crippen LogP contribution >= 0.6 is 0 Å². The maximum absolute atomic E-state index is 10.0. The predicted molar refractivity (Wildman–Crippen MR) is 90.7 cm³/mol. The van der Waals surface area contributed by atoms with Crippen LogP contribution in [0.5, 0.6) is 5.75 Å². The van der Waals surface area contributed by atoms with Gasteiger partial charge in [0.1, 0.15) is 17.1 Å². The molecule has 3 heterocycles. The zero-order valence-electron chi connectivity index (χ0n) is 13.0. The van der Waals surface area contributed by atoms with Gasteiger partial charge in [0.05, 0.1) is 11.2 Å². The molecule has 0 unspecified atom stereocenters. The van der Waals surface area contributed by atoms with Crippen molar-refractivity contribution in [2.24, 2.45) is 7.05 Å². The third kappa shape index (κ3) is 2.41. The van der Waals surface area contributed by atoms with Gasteiger partial charge in [0.2, 0.25) is 0 Å². The topological polar surface area (TPSA) is 66.2 Å². The second kappa shape index (κ2) is 5.55. The van der Waals surface area contributed by atoms with Crippen molar-refractivity contribution in [3.8, 4) is 17.0 Å². The van der Waals surface area contributed by atoms with Gasteiger partial charge in [-0.25, -0.2) is 0 Å². The molecule has 1 fully saturated rings. The standard InChI is InChI=1S/C17H19N5O/c1-21-15-10-13(12-4-2-3-5-16(12)23)19-20-14(15)11-17(21)22-8-6-18-7-9-22/h2-5,10-11,18,23H,6-9H2,1H3. The number of nitrogens with zero attached hydrogens (tertiary/aromatic N) is 4. The van der Waals surface area contributed by atoms with E-state index in [-0.39, 0.29) is 5.75 Å². The molecule has 2 N–H and O–H groups in total. The van der Waals surface area contributed by atoms with E-state index in [4.69, 9.17) is 0 Å². The number of piperazine rings is 1. The summed E-state index contributed by atoms with van der Waals surface area (Å²) in [6.07, 6.45) is 0. The minimum absolute atomic E-state index is 0.220. The quantitative estimate of drug-likeness (QED) is 0.755. The average molecular weight is 309 g/mol. The maximum Gasteiger partial charge on any atom is 0.125 e. The smallest absolute Gasteiger partial charge is 0.125 e. The number of benzene rings is 1. The fourth-order valence-corrected chi connectivity index (χ4v) is 3.12. The Balaban J connectivity index is 1.80. The van der Waals surface area contributed by atoms with Gasteiger partial charge in [-0.1, -0.05) is 12.1 Å². The molecule has 0 atom stereocenters. The van der Waals surface area contributed by atoms with Gasteiger partial charge in [0.15, 0.2) is 0 Å². The van der Waals surface area contributed by atoms with Crippen LogP contribution in [0.2, 0.25) is 0 Å². The van der Waals surface area contributed by atoms with Gasteiger partial charge in [-0.2, -0.15) is 0 Å². The van der Waals surface area contributed by atoms with Crippen LogP contribution in [0.25, 0.3) is 22.3 Å². The molecule has 6 heteroatoms. The Hall–Kier alpha value is -2.60. The van der Waals surface area contributed by atoms with E-state index in [2.05, 4.69) is 38.1 Å². The first-order chi connectivity index (χ1) is 11.2. The number of aromatic nitrogens is 3. The van der Waals surface area contributed by atoms with Crippen LogP contribution in [0.3, 0.4) is 0 Å². The number of anilines is 1. The van der Waals surface area contributed by atoms with E-state index in [0.29, 0.717) is 11.3 Å². The number of hydrogen-bond donors (Lipinski definition) is 2. The molecule has 6 nitrogen and oxygen atoms in total. The van der Waals surface area contributed by atoms with Crippen molar-refractivity contribution < 1.29 is 5.11 Å². The molecule has 4 rings (SSSR count). The van der Waals surface area contributed by atoms with E-state index < -0.39 is 0 Å². The number of fused-ring (bicyclic) bond motifs is 1. The molecule has 0 aliphatic carbocycles. The first kappa shape index (κ1) is 14.0. The van der Waals surface area contributed by atoms with Crippen molar-refractivity contribution in [2.75, 3.05) is 31.1 Å². The molecule has 1 aromatic carbocycles. The van der Waals surface area contributed by atoms with Crippen molar-refractivity contribution in [1.29, 1.82) is 0 Å². The second-order valence-corrected chi connectivity index (χ2v) is 5.82. The van der Waals surface area contributed by atoms with Crippen LogP contribution in [0.4, 0.5) is 5.82 Å².